The molecule has 0 aliphatic rings. The van der Waals surface area contributed by atoms with Crippen LogP contribution in [-0.2, 0) is 0 Å². The molecule has 1 aromatic rings. The van der Waals surface area contributed by atoms with Crippen LogP contribution < -0.4 is 11.0 Å². The SMILES string of the molecule is CC(C)CC(O)CNC(=O)c1c[nH]c(=O)[nH]1. The Hall–Kier alpha value is -1.56. The van der Waals surface area contributed by atoms with E-state index >= 15 is 0 Å². The molecule has 1 atom stereocenters. The van der Waals surface area contributed by atoms with E-state index in [1.807, 2.05) is 13.8 Å². The number of hydrogen-bond acceptors (Lipinski definition) is 3. The van der Waals surface area contributed by atoms with Gasteiger partial charge in [0.1, 0.15) is 5.69 Å². The first-order valence-electron chi connectivity index (χ1n) is 5.23. The number of aromatic nitrogens is 2. The molecule has 4 N–H and O–H groups in total. The highest BCUT2D eigenvalue weighted by Crippen LogP contribution is 2.03. The van der Waals surface area contributed by atoms with Gasteiger partial charge in [0, 0.05) is 12.7 Å². The molecule has 0 spiro atoms. The number of aliphatic hydroxyl groups excluding tert-OH is 1. The van der Waals surface area contributed by atoms with Gasteiger partial charge in [0.2, 0.25) is 0 Å². The van der Waals surface area contributed by atoms with Crippen LogP contribution in [0.2, 0.25) is 0 Å². The largest absolute Gasteiger partial charge is 0.391 e. The average molecular weight is 227 g/mol. The number of hydrogen-bond donors (Lipinski definition) is 4. The Morgan fingerprint density at radius 1 is 1.56 bits per heavy atom. The molecule has 16 heavy (non-hydrogen) atoms. The van der Waals surface area contributed by atoms with Gasteiger partial charge in [-0.15, -0.1) is 0 Å². The number of aliphatic hydroxyl groups is 1. The predicted octanol–water partition coefficient (Wildman–Crippen LogP) is -0.160. The Balaban J connectivity index is 2.38. The van der Waals surface area contributed by atoms with Crippen LogP contribution in [0, 0.1) is 5.92 Å². The third kappa shape index (κ3) is 3.90. The molecule has 1 aromatic heterocycles. The van der Waals surface area contributed by atoms with Gasteiger partial charge < -0.3 is 20.4 Å². The molecule has 0 fully saturated rings. The van der Waals surface area contributed by atoms with E-state index in [4.69, 9.17) is 0 Å². The fraction of sp³-hybridized carbons (Fsp3) is 0.600. The maximum Gasteiger partial charge on any atom is 0.323 e. The Morgan fingerprint density at radius 2 is 2.25 bits per heavy atom. The number of H-pyrrole nitrogens is 2. The average Bonchev–Trinajstić information content (AvgIpc) is 2.60. The number of nitrogens with one attached hydrogen (secondary N) is 3. The van der Waals surface area contributed by atoms with Crippen molar-refractivity contribution in [3.8, 4) is 0 Å². The number of aromatic amines is 2. The van der Waals surface area contributed by atoms with E-state index in [9.17, 15) is 14.7 Å². The van der Waals surface area contributed by atoms with Gasteiger partial charge in [0.05, 0.1) is 6.10 Å². The highest BCUT2D eigenvalue weighted by atomic mass is 16.3. The Kier molecular flexibility index (Phi) is 4.30. The monoisotopic (exact) mass is 227 g/mol. The fourth-order valence-corrected chi connectivity index (χ4v) is 1.39. The normalized spacial score (nSPS) is 12.8. The summed E-state index contributed by atoms with van der Waals surface area (Å²) in [6.45, 7) is 4.17. The van der Waals surface area contributed by atoms with Gasteiger partial charge in [0.25, 0.3) is 5.91 Å². The summed E-state index contributed by atoms with van der Waals surface area (Å²) in [4.78, 5) is 26.8. The van der Waals surface area contributed by atoms with E-state index in [0.29, 0.717) is 12.3 Å². The fourth-order valence-electron chi connectivity index (χ4n) is 1.39. The lowest BCUT2D eigenvalue weighted by atomic mass is 10.1. The van der Waals surface area contributed by atoms with Crippen molar-refractivity contribution >= 4 is 5.91 Å². The van der Waals surface area contributed by atoms with Crippen LogP contribution >= 0.6 is 0 Å². The van der Waals surface area contributed by atoms with Crippen LogP contribution in [-0.4, -0.2) is 33.6 Å². The maximum atomic E-state index is 11.4. The van der Waals surface area contributed by atoms with Gasteiger partial charge in [-0.1, -0.05) is 13.8 Å². The van der Waals surface area contributed by atoms with Crippen LogP contribution in [0.4, 0.5) is 0 Å². The van der Waals surface area contributed by atoms with Crippen molar-refractivity contribution in [3.05, 3.63) is 22.4 Å². The zero-order valence-corrected chi connectivity index (χ0v) is 9.41. The molecular weight excluding hydrogens is 210 g/mol. The van der Waals surface area contributed by atoms with Gasteiger partial charge in [-0.25, -0.2) is 4.79 Å². The van der Waals surface area contributed by atoms with Gasteiger partial charge in [-0.2, -0.15) is 0 Å². The van der Waals surface area contributed by atoms with Crippen LogP contribution in [0.1, 0.15) is 30.8 Å². The summed E-state index contributed by atoms with van der Waals surface area (Å²) in [5.41, 5.74) is -0.255. The Labute approximate surface area is 93.1 Å². The minimum Gasteiger partial charge on any atom is -0.391 e. The van der Waals surface area contributed by atoms with Crippen molar-refractivity contribution in [1.29, 1.82) is 0 Å². The zero-order chi connectivity index (χ0) is 12.1. The summed E-state index contributed by atoms with van der Waals surface area (Å²) in [6, 6.07) is 0. The quantitative estimate of drug-likeness (QED) is 0.562. The summed E-state index contributed by atoms with van der Waals surface area (Å²) < 4.78 is 0. The highest BCUT2D eigenvalue weighted by Gasteiger charge is 2.11. The van der Waals surface area contributed by atoms with Crippen LogP contribution in [0.5, 0.6) is 0 Å². The molecule has 0 aromatic carbocycles. The van der Waals surface area contributed by atoms with Crippen molar-refractivity contribution < 1.29 is 9.90 Å². The number of carbonyl (C=O) groups excluding carboxylic acids is 1. The van der Waals surface area contributed by atoms with Crippen molar-refractivity contribution in [2.24, 2.45) is 5.92 Å². The molecule has 6 nitrogen and oxygen atoms in total. The minimum atomic E-state index is -0.561. The van der Waals surface area contributed by atoms with Crippen LogP contribution in [0.25, 0.3) is 0 Å². The lowest BCUT2D eigenvalue weighted by molar-refractivity contribution is 0.0896. The summed E-state index contributed by atoms with van der Waals surface area (Å²) in [7, 11) is 0. The van der Waals surface area contributed by atoms with Crippen LogP contribution in [0.15, 0.2) is 11.0 Å². The molecule has 1 heterocycles. The van der Waals surface area contributed by atoms with E-state index in [1.54, 1.807) is 0 Å². The first-order valence-corrected chi connectivity index (χ1v) is 5.23. The maximum absolute atomic E-state index is 11.4. The van der Waals surface area contributed by atoms with Gasteiger partial charge in [0.15, 0.2) is 0 Å². The third-order valence-electron chi connectivity index (χ3n) is 2.08. The van der Waals surface area contributed by atoms with Crippen molar-refractivity contribution in [2.45, 2.75) is 26.4 Å². The Morgan fingerprint density at radius 3 is 2.75 bits per heavy atom. The first-order chi connectivity index (χ1) is 7.49. The molecule has 0 aliphatic carbocycles. The van der Waals surface area contributed by atoms with Gasteiger partial charge >= 0.3 is 5.69 Å². The predicted molar refractivity (Wildman–Crippen MR) is 59.2 cm³/mol. The second-order valence-electron chi connectivity index (χ2n) is 4.15. The molecule has 0 radical (unpaired) electrons. The molecule has 1 unspecified atom stereocenters. The second kappa shape index (κ2) is 5.50. The van der Waals surface area contributed by atoms with Crippen molar-refractivity contribution in [2.75, 3.05) is 6.54 Å². The van der Waals surface area contributed by atoms with E-state index < -0.39 is 17.7 Å². The third-order valence-corrected chi connectivity index (χ3v) is 2.08. The van der Waals surface area contributed by atoms with E-state index in [-0.39, 0.29) is 12.2 Å². The molecule has 0 bridgehead atoms. The van der Waals surface area contributed by atoms with Gasteiger partial charge in [-0.05, 0) is 12.3 Å². The summed E-state index contributed by atoms with van der Waals surface area (Å²) >= 11 is 0. The zero-order valence-electron chi connectivity index (χ0n) is 9.41. The van der Waals surface area contributed by atoms with Crippen molar-refractivity contribution in [3.63, 3.8) is 0 Å². The minimum absolute atomic E-state index is 0.168. The highest BCUT2D eigenvalue weighted by molar-refractivity contribution is 5.91. The summed E-state index contributed by atoms with van der Waals surface area (Å²) in [5.74, 6) is -0.0277. The standard InChI is InChI=1S/C10H17N3O3/c1-6(2)3-7(14)4-11-9(15)8-5-12-10(16)13-8/h5-7,14H,3-4H2,1-2H3,(H,11,15)(H2,12,13,16). The van der Waals surface area contributed by atoms with Crippen molar-refractivity contribution in [1.82, 2.24) is 15.3 Å². The Bertz CT molecular complexity index is 394. The van der Waals surface area contributed by atoms with E-state index in [1.165, 1.54) is 6.20 Å². The topological polar surface area (TPSA) is 98.0 Å². The molecule has 0 saturated carbocycles. The molecule has 0 saturated heterocycles. The smallest absolute Gasteiger partial charge is 0.323 e. The van der Waals surface area contributed by atoms with Gasteiger partial charge in [-0.3, -0.25) is 4.79 Å². The first kappa shape index (κ1) is 12.5. The molecular formula is C10H17N3O3. The molecule has 6 heteroatoms. The molecule has 0 aliphatic heterocycles. The number of rotatable bonds is 5. The van der Waals surface area contributed by atoms with E-state index in [0.717, 1.165) is 0 Å². The number of carbonyl (C=O) groups is 1. The number of amides is 1. The molecule has 90 valence electrons. The van der Waals surface area contributed by atoms with Crippen LogP contribution in [0.3, 0.4) is 0 Å². The molecule has 1 amide bonds. The summed E-state index contributed by atoms with van der Waals surface area (Å²) in [6.07, 6.45) is 1.37. The summed E-state index contributed by atoms with van der Waals surface area (Å²) in [5, 5.41) is 12.1. The number of imidazole rings is 1. The van der Waals surface area contributed by atoms with E-state index in [2.05, 4.69) is 15.3 Å². The second-order valence-corrected chi connectivity index (χ2v) is 4.15. The lowest BCUT2D eigenvalue weighted by Gasteiger charge is -2.13. The molecule has 1 rings (SSSR count). The lowest BCUT2D eigenvalue weighted by Crippen LogP contribution is -2.33.